The van der Waals surface area contributed by atoms with E-state index in [-0.39, 0.29) is 6.42 Å². The number of carbonyl (C=O) groups is 1. The lowest BCUT2D eigenvalue weighted by molar-refractivity contribution is -0.150. The molecular formula is C7H14O2. The summed E-state index contributed by atoms with van der Waals surface area (Å²) in [5, 5.41) is 0. The Bertz CT molecular complexity index is 227. The fraction of sp³-hybridized carbons (Fsp3) is 0.857. The maximum absolute atomic E-state index is 11.4. The van der Waals surface area contributed by atoms with Crippen molar-refractivity contribution in [2.75, 3.05) is 7.11 Å². The molecule has 0 aromatic rings. The Labute approximate surface area is 64.6 Å². The molecule has 0 saturated heterocycles. The van der Waals surface area contributed by atoms with E-state index in [4.69, 9.17) is 8.22 Å². The molecule has 0 N–H and O–H groups in total. The van der Waals surface area contributed by atoms with Crippen molar-refractivity contribution in [3.63, 3.8) is 0 Å². The van der Waals surface area contributed by atoms with Crippen LogP contribution in [0.25, 0.3) is 0 Å². The second-order valence-electron chi connectivity index (χ2n) is 1.75. The highest BCUT2D eigenvalue weighted by molar-refractivity contribution is 5.75. The molecule has 0 amide bonds. The van der Waals surface area contributed by atoms with Gasteiger partial charge in [0.05, 0.1) is 12.5 Å². The molecule has 0 unspecified atom stereocenters. The molecule has 2 heteroatoms. The second-order valence-corrected chi connectivity index (χ2v) is 1.75. The zero-order valence-corrected chi connectivity index (χ0v) is 5.52. The molecule has 0 atom stereocenters. The third kappa shape index (κ3) is 2.04. The molecule has 0 bridgehead atoms. The first-order valence-electron chi connectivity index (χ1n) is 5.63. The smallest absolute Gasteiger partial charge is 0.311 e. The van der Waals surface area contributed by atoms with E-state index in [0.29, 0.717) is 0 Å². The van der Waals surface area contributed by atoms with Gasteiger partial charge >= 0.3 is 5.97 Å². The zero-order chi connectivity index (χ0) is 12.5. The standard InChI is InChI=1S/C7H14O2/c1-5-7(2,3)6(8)9-4/h5H2,1-4H3/i2D3,3D3. The van der Waals surface area contributed by atoms with Gasteiger partial charge in [-0.15, -0.1) is 0 Å². The zero-order valence-electron chi connectivity index (χ0n) is 11.5. The van der Waals surface area contributed by atoms with E-state index in [1.54, 1.807) is 0 Å². The SMILES string of the molecule is [2H]C([2H])([2H])C(CC)(C(=O)OC)C([2H])([2H])[2H]. The average Bonchev–Trinajstić information content (AvgIpc) is 2.00. The van der Waals surface area contributed by atoms with E-state index in [9.17, 15) is 4.79 Å². The normalized spacial score (nSPS) is 23.8. The van der Waals surface area contributed by atoms with Crippen molar-refractivity contribution in [1.82, 2.24) is 0 Å². The molecule has 2 nitrogen and oxygen atoms in total. The molecule has 0 saturated carbocycles. The van der Waals surface area contributed by atoms with Gasteiger partial charge in [-0.05, 0) is 20.1 Å². The van der Waals surface area contributed by atoms with Crippen LogP contribution in [0.4, 0.5) is 0 Å². The topological polar surface area (TPSA) is 26.3 Å². The van der Waals surface area contributed by atoms with E-state index in [1.165, 1.54) is 6.92 Å². The minimum atomic E-state index is -2.92. The fourth-order valence-corrected chi connectivity index (χ4v) is 0.319. The summed E-state index contributed by atoms with van der Waals surface area (Å²) >= 11 is 0. The minimum Gasteiger partial charge on any atom is -0.469 e. The van der Waals surface area contributed by atoms with Crippen LogP contribution in [-0.4, -0.2) is 13.1 Å². The first-order valence-corrected chi connectivity index (χ1v) is 2.63. The van der Waals surface area contributed by atoms with Gasteiger partial charge in [-0.25, -0.2) is 0 Å². The molecule has 0 fully saturated rings. The fourth-order valence-electron chi connectivity index (χ4n) is 0.319. The maximum atomic E-state index is 11.4. The van der Waals surface area contributed by atoms with Gasteiger partial charge in [0.2, 0.25) is 0 Å². The summed E-state index contributed by atoms with van der Waals surface area (Å²) in [6, 6.07) is 0. The molecule has 0 aliphatic rings. The number of carbonyl (C=O) groups excluding carboxylic acids is 1. The molecule has 0 rings (SSSR count). The van der Waals surface area contributed by atoms with Crippen molar-refractivity contribution in [2.45, 2.75) is 27.0 Å². The quantitative estimate of drug-likeness (QED) is 0.539. The third-order valence-electron chi connectivity index (χ3n) is 1.06. The molecule has 0 aromatic carbocycles. The van der Waals surface area contributed by atoms with E-state index >= 15 is 0 Å². The number of ether oxygens (including phenoxy) is 1. The van der Waals surface area contributed by atoms with Crippen LogP contribution in [0.15, 0.2) is 0 Å². The number of hydrogen-bond acceptors (Lipinski definition) is 2. The van der Waals surface area contributed by atoms with Gasteiger partial charge < -0.3 is 4.74 Å². The summed E-state index contributed by atoms with van der Waals surface area (Å²) in [5.41, 5.74) is -2.44. The summed E-state index contributed by atoms with van der Waals surface area (Å²) in [6.07, 6.45) is -0.327. The highest BCUT2D eigenvalue weighted by atomic mass is 16.5. The van der Waals surface area contributed by atoms with Gasteiger partial charge in [-0.1, -0.05) is 6.92 Å². The first-order chi connectivity index (χ1) is 6.54. The van der Waals surface area contributed by atoms with Gasteiger partial charge in [0.25, 0.3) is 0 Å². The third-order valence-corrected chi connectivity index (χ3v) is 1.06. The van der Waals surface area contributed by atoms with Crippen molar-refractivity contribution in [1.29, 1.82) is 0 Å². The monoisotopic (exact) mass is 136 g/mol. The van der Waals surface area contributed by atoms with Crippen molar-refractivity contribution < 1.29 is 17.8 Å². The number of rotatable bonds is 2. The molecule has 0 radical (unpaired) electrons. The summed E-state index contributed by atoms with van der Waals surface area (Å²) in [7, 11) is 0.976. The number of hydrogen-bond donors (Lipinski definition) is 0. The van der Waals surface area contributed by atoms with Crippen LogP contribution in [-0.2, 0) is 9.53 Å². The Hall–Kier alpha value is -0.530. The number of esters is 1. The lowest BCUT2D eigenvalue weighted by atomic mass is 9.91. The van der Waals surface area contributed by atoms with Gasteiger partial charge in [-0.3, -0.25) is 4.79 Å². The molecular weight excluding hydrogens is 116 g/mol. The van der Waals surface area contributed by atoms with E-state index in [2.05, 4.69) is 4.74 Å². The Kier molecular flexibility index (Phi) is 0.826. The summed E-state index contributed by atoms with van der Waals surface area (Å²) in [4.78, 5) is 11.4. The van der Waals surface area contributed by atoms with Crippen molar-refractivity contribution in [3.8, 4) is 0 Å². The molecule has 0 aromatic heterocycles. The number of methoxy groups -OCH3 is 1. The van der Waals surface area contributed by atoms with Crippen LogP contribution in [0.5, 0.6) is 0 Å². The Morgan fingerprint density at radius 3 is 2.44 bits per heavy atom. The van der Waals surface area contributed by atoms with Crippen LogP contribution >= 0.6 is 0 Å². The van der Waals surface area contributed by atoms with Gasteiger partial charge in [-0.2, -0.15) is 0 Å². The largest absolute Gasteiger partial charge is 0.469 e. The van der Waals surface area contributed by atoms with E-state index in [1.807, 2.05) is 0 Å². The second kappa shape index (κ2) is 2.85. The van der Waals surface area contributed by atoms with Crippen molar-refractivity contribution in [2.24, 2.45) is 5.41 Å². The van der Waals surface area contributed by atoms with Crippen LogP contribution in [0, 0.1) is 5.41 Å². The van der Waals surface area contributed by atoms with Crippen LogP contribution in [0.1, 0.15) is 35.3 Å². The molecule has 9 heavy (non-hydrogen) atoms. The van der Waals surface area contributed by atoms with Crippen LogP contribution < -0.4 is 0 Å². The van der Waals surface area contributed by atoms with Gasteiger partial charge in [0, 0.05) is 8.22 Å². The summed E-state index contributed by atoms with van der Waals surface area (Å²) < 4.78 is 47.5. The average molecular weight is 136 g/mol. The lowest BCUT2D eigenvalue weighted by Crippen LogP contribution is -2.24. The maximum Gasteiger partial charge on any atom is 0.311 e. The van der Waals surface area contributed by atoms with Crippen LogP contribution in [0.2, 0.25) is 0 Å². The van der Waals surface area contributed by atoms with Gasteiger partial charge in [0.1, 0.15) is 0 Å². The van der Waals surface area contributed by atoms with E-state index in [0.717, 1.165) is 7.11 Å². The molecule has 0 spiro atoms. The Morgan fingerprint density at radius 2 is 2.33 bits per heavy atom. The summed E-state index contributed by atoms with van der Waals surface area (Å²) in [5.74, 6) is -1.22. The molecule has 0 aliphatic carbocycles. The van der Waals surface area contributed by atoms with Crippen molar-refractivity contribution in [3.05, 3.63) is 0 Å². The molecule has 54 valence electrons. The van der Waals surface area contributed by atoms with Gasteiger partial charge in [0.15, 0.2) is 0 Å². The highest BCUT2D eigenvalue weighted by Gasteiger charge is 2.25. The van der Waals surface area contributed by atoms with Crippen LogP contribution in [0.3, 0.4) is 0 Å². The minimum absolute atomic E-state index is 0.327. The summed E-state index contributed by atoms with van der Waals surface area (Å²) in [6.45, 7) is -4.49. The van der Waals surface area contributed by atoms with Crippen molar-refractivity contribution >= 4 is 5.97 Å². The van der Waals surface area contributed by atoms with E-state index < -0.39 is 25.1 Å². The Balaban J connectivity index is 5.64. The molecule has 0 aliphatic heterocycles. The Morgan fingerprint density at radius 1 is 1.78 bits per heavy atom. The highest BCUT2D eigenvalue weighted by Crippen LogP contribution is 2.20. The molecule has 0 heterocycles. The first kappa shape index (κ1) is 2.60. The lowest BCUT2D eigenvalue weighted by Gasteiger charge is -2.17. The predicted octanol–water partition coefficient (Wildman–Crippen LogP) is 1.60. The predicted molar refractivity (Wildman–Crippen MR) is 36.1 cm³/mol.